The van der Waals surface area contributed by atoms with Gasteiger partial charge in [-0.2, -0.15) is 0 Å². The van der Waals surface area contributed by atoms with Crippen molar-refractivity contribution in [3.63, 3.8) is 0 Å². The highest BCUT2D eigenvalue weighted by Gasteiger charge is 2.34. The number of amides is 1. The average molecular weight is 380 g/mol. The van der Waals surface area contributed by atoms with E-state index < -0.39 is 6.10 Å². The normalized spacial score (nSPS) is 17.9. The molecule has 0 radical (unpaired) electrons. The Balaban J connectivity index is 1.37. The maximum Gasteiger partial charge on any atom is 0.267 e. The van der Waals surface area contributed by atoms with Crippen LogP contribution in [-0.4, -0.2) is 35.2 Å². The summed E-state index contributed by atoms with van der Waals surface area (Å²) >= 11 is 0. The fourth-order valence-electron chi connectivity index (χ4n) is 3.60. The van der Waals surface area contributed by atoms with Gasteiger partial charge in [-0.05, 0) is 24.3 Å². The van der Waals surface area contributed by atoms with Crippen LogP contribution >= 0.6 is 0 Å². The van der Waals surface area contributed by atoms with E-state index in [4.69, 9.17) is 14.0 Å². The van der Waals surface area contributed by atoms with Crippen LogP contribution in [0, 0.1) is 5.82 Å². The summed E-state index contributed by atoms with van der Waals surface area (Å²) in [6.07, 6.45) is -0.151. The lowest BCUT2D eigenvalue weighted by atomic mass is 10.0. The zero-order chi connectivity index (χ0) is 19.1. The minimum Gasteiger partial charge on any atom is -0.485 e. The Morgan fingerprint density at radius 3 is 2.86 bits per heavy atom. The molecule has 0 fully saturated rings. The number of nitrogens with zero attached hydrogens (tertiary/aromatic N) is 2. The standard InChI is InChI=1S/C21H17FN2O4/c22-14-5-3-4-13(10-14)20-15-11-24(9-8-16(15)28-23-20)21(25)19-12-26-17-6-1-2-7-18(17)27-19/h1-7,10,19H,8-9,11-12H2. The van der Waals surface area contributed by atoms with Crippen molar-refractivity contribution in [3.05, 3.63) is 65.7 Å². The maximum absolute atomic E-state index is 13.6. The van der Waals surface area contributed by atoms with Gasteiger partial charge in [-0.15, -0.1) is 0 Å². The van der Waals surface area contributed by atoms with E-state index in [0.29, 0.717) is 42.3 Å². The molecule has 0 spiro atoms. The third-order valence-corrected chi connectivity index (χ3v) is 5.02. The highest BCUT2D eigenvalue weighted by atomic mass is 19.1. The average Bonchev–Trinajstić information content (AvgIpc) is 3.16. The van der Waals surface area contributed by atoms with Crippen molar-refractivity contribution in [2.45, 2.75) is 19.1 Å². The Labute approximate surface area is 160 Å². The SMILES string of the molecule is O=C(C1COc2ccccc2O1)N1CCc2onc(-c3cccc(F)c3)c2C1. The number of ether oxygens (including phenoxy) is 2. The molecule has 1 amide bonds. The van der Waals surface area contributed by atoms with E-state index in [0.717, 1.165) is 11.3 Å². The lowest BCUT2D eigenvalue weighted by Crippen LogP contribution is -2.47. The lowest BCUT2D eigenvalue weighted by molar-refractivity contribution is -0.142. The van der Waals surface area contributed by atoms with E-state index in [9.17, 15) is 9.18 Å². The first-order valence-corrected chi connectivity index (χ1v) is 9.09. The molecule has 142 valence electrons. The summed E-state index contributed by atoms with van der Waals surface area (Å²) in [6, 6.07) is 13.5. The van der Waals surface area contributed by atoms with Gasteiger partial charge in [-0.25, -0.2) is 4.39 Å². The number of aromatic nitrogens is 1. The zero-order valence-electron chi connectivity index (χ0n) is 14.9. The van der Waals surface area contributed by atoms with Crippen LogP contribution in [0.1, 0.15) is 11.3 Å². The number of rotatable bonds is 2. The summed E-state index contributed by atoms with van der Waals surface area (Å²) in [6.45, 7) is 1.01. The zero-order valence-corrected chi connectivity index (χ0v) is 14.9. The number of carbonyl (C=O) groups is 1. The second-order valence-electron chi connectivity index (χ2n) is 6.82. The summed E-state index contributed by atoms with van der Waals surface area (Å²) in [5.74, 6) is 1.44. The molecule has 2 aliphatic heterocycles. The van der Waals surface area contributed by atoms with E-state index >= 15 is 0 Å². The predicted molar refractivity (Wildman–Crippen MR) is 97.4 cm³/mol. The summed E-state index contributed by atoms with van der Waals surface area (Å²) in [5, 5.41) is 4.11. The van der Waals surface area contributed by atoms with E-state index in [1.54, 1.807) is 23.1 Å². The van der Waals surface area contributed by atoms with Crippen LogP contribution in [0.4, 0.5) is 4.39 Å². The maximum atomic E-state index is 13.6. The Hall–Kier alpha value is -3.35. The molecular formula is C21H17FN2O4. The molecule has 1 unspecified atom stereocenters. The molecular weight excluding hydrogens is 363 g/mol. The highest BCUT2D eigenvalue weighted by molar-refractivity contribution is 5.82. The third-order valence-electron chi connectivity index (χ3n) is 5.02. The highest BCUT2D eigenvalue weighted by Crippen LogP contribution is 2.33. The molecule has 0 aliphatic carbocycles. The van der Waals surface area contributed by atoms with Crippen molar-refractivity contribution >= 4 is 5.91 Å². The molecule has 1 aromatic heterocycles. The minimum absolute atomic E-state index is 0.147. The molecule has 7 heteroatoms. The van der Waals surface area contributed by atoms with Crippen LogP contribution in [0.2, 0.25) is 0 Å². The fraction of sp³-hybridized carbons (Fsp3) is 0.238. The minimum atomic E-state index is -0.700. The summed E-state index contributed by atoms with van der Waals surface area (Å²) in [4.78, 5) is 14.7. The van der Waals surface area contributed by atoms with Gasteiger partial charge in [0.15, 0.2) is 11.5 Å². The topological polar surface area (TPSA) is 64.8 Å². The lowest BCUT2D eigenvalue weighted by Gasteiger charge is -2.32. The summed E-state index contributed by atoms with van der Waals surface area (Å²) in [7, 11) is 0. The quantitative estimate of drug-likeness (QED) is 0.683. The van der Waals surface area contributed by atoms with Gasteiger partial charge >= 0.3 is 0 Å². The summed E-state index contributed by atoms with van der Waals surface area (Å²) < 4.78 is 30.5. The van der Waals surface area contributed by atoms with Gasteiger partial charge in [0.25, 0.3) is 5.91 Å². The Morgan fingerprint density at radius 1 is 1.14 bits per heavy atom. The largest absolute Gasteiger partial charge is 0.485 e. The van der Waals surface area contributed by atoms with E-state index in [1.807, 2.05) is 18.2 Å². The molecule has 1 atom stereocenters. The smallest absolute Gasteiger partial charge is 0.267 e. The van der Waals surface area contributed by atoms with Gasteiger partial charge in [0, 0.05) is 24.1 Å². The first-order chi connectivity index (χ1) is 13.7. The summed E-state index contributed by atoms with van der Waals surface area (Å²) in [5.41, 5.74) is 2.01. The molecule has 2 aliphatic rings. The first kappa shape index (κ1) is 16.8. The van der Waals surface area contributed by atoms with Gasteiger partial charge < -0.3 is 18.9 Å². The monoisotopic (exact) mass is 380 g/mol. The van der Waals surface area contributed by atoms with Crippen LogP contribution in [-0.2, 0) is 17.8 Å². The molecule has 0 saturated carbocycles. The molecule has 28 heavy (non-hydrogen) atoms. The van der Waals surface area contributed by atoms with Crippen LogP contribution in [0.5, 0.6) is 11.5 Å². The molecule has 0 N–H and O–H groups in total. The van der Waals surface area contributed by atoms with Crippen molar-refractivity contribution in [1.82, 2.24) is 10.1 Å². The molecule has 6 nitrogen and oxygen atoms in total. The number of para-hydroxylation sites is 2. The van der Waals surface area contributed by atoms with Gasteiger partial charge in [0.2, 0.25) is 6.10 Å². The van der Waals surface area contributed by atoms with Crippen molar-refractivity contribution < 1.29 is 23.2 Å². The molecule has 0 saturated heterocycles. The fourth-order valence-corrected chi connectivity index (χ4v) is 3.60. The number of fused-ring (bicyclic) bond motifs is 2. The van der Waals surface area contributed by atoms with Crippen molar-refractivity contribution in [3.8, 4) is 22.8 Å². The predicted octanol–water partition coefficient (Wildman–Crippen LogP) is 3.21. The molecule has 3 heterocycles. The molecule has 2 aromatic carbocycles. The van der Waals surface area contributed by atoms with Crippen molar-refractivity contribution in [1.29, 1.82) is 0 Å². The van der Waals surface area contributed by atoms with Crippen molar-refractivity contribution in [2.24, 2.45) is 0 Å². The number of hydrogen-bond donors (Lipinski definition) is 0. The second kappa shape index (κ2) is 6.67. The number of hydrogen-bond acceptors (Lipinski definition) is 5. The first-order valence-electron chi connectivity index (χ1n) is 9.09. The van der Waals surface area contributed by atoms with E-state index in [2.05, 4.69) is 5.16 Å². The van der Waals surface area contributed by atoms with E-state index in [-0.39, 0.29) is 18.3 Å². The molecule has 3 aromatic rings. The van der Waals surface area contributed by atoms with Gasteiger partial charge in [-0.1, -0.05) is 29.4 Å². The molecule has 0 bridgehead atoms. The van der Waals surface area contributed by atoms with Gasteiger partial charge in [0.05, 0.1) is 6.54 Å². The van der Waals surface area contributed by atoms with Gasteiger partial charge in [0.1, 0.15) is 23.9 Å². The number of halogens is 1. The van der Waals surface area contributed by atoms with Crippen LogP contribution in [0.3, 0.4) is 0 Å². The van der Waals surface area contributed by atoms with E-state index in [1.165, 1.54) is 12.1 Å². The second-order valence-corrected chi connectivity index (χ2v) is 6.82. The Morgan fingerprint density at radius 2 is 2.00 bits per heavy atom. The van der Waals surface area contributed by atoms with Crippen LogP contribution < -0.4 is 9.47 Å². The van der Waals surface area contributed by atoms with Crippen LogP contribution in [0.15, 0.2) is 53.1 Å². The van der Waals surface area contributed by atoms with Crippen molar-refractivity contribution in [2.75, 3.05) is 13.2 Å². The third kappa shape index (κ3) is 2.89. The Kier molecular flexibility index (Phi) is 4.00. The van der Waals surface area contributed by atoms with Crippen LogP contribution in [0.25, 0.3) is 11.3 Å². The number of benzene rings is 2. The number of carbonyl (C=O) groups excluding carboxylic acids is 1. The van der Waals surface area contributed by atoms with Gasteiger partial charge in [-0.3, -0.25) is 4.79 Å². The Bertz CT molecular complexity index is 1050. The molecule has 5 rings (SSSR count).